The number of piperidine rings is 1. The van der Waals surface area contributed by atoms with Crippen molar-refractivity contribution in [1.29, 1.82) is 0 Å². The predicted octanol–water partition coefficient (Wildman–Crippen LogP) is 1.34. The summed E-state index contributed by atoms with van der Waals surface area (Å²) in [6.45, 7) is 11.4. The van der Waals surface area contributed by atoms with Crippen LogP contribution >= 0.6 is 12.4 Å². The number of likely N-dealkylation sites (tertiary alicyclic amines) is 1. The van der Waals surface area contributed by atoms with Crippen molar-refractivity contribution in [2.75, 3.05) is 32.7 Å². The van der Waals surface area contributed by atoms with E-state index in [1.807, 2.05) is 4.90 Å². The van der Waals surface area contributed by atoms with Gasteiger partial charge in [-0.3, -0.25) is 4.79 Å². The topological polar surface area (TPSA) is 49.6 Å². The summed E-state index contributed by atoms with van der Waals surface area (Å²) >= 11 is 0. The molecule has 1 fully saturated rings. The molecule has 4 nitrogen and oxygen atoms in total. The van der Waals surface area contributed by atoms with Crippen LogP contribution in [0.2, 0.25) is 0 Å². The van der Waals surface area contributed by atoms with E-state index in [4.69, 9.17) is 5.73 Å². The summed E-state index contributed by atoms with van der Waals surface area (Å²) in [6, 6.07) is -0.352. The second kappa shape index (κ2) is 8.73. The zero-order chi connectivity index (χ0) is 12.8. The molecule has 1 saturated heterocycles. The Morgan fingerprint density at radius 3 is 2.22 bits per heavy atom. The Bertz CT molecular complexity index is 236. The Morgan fingerprint density at radius 2 is 1.83 bits per heavy atom. The molecule has 1 unspecified atom stereocenters. The molecule has 1 aliphatic rings. The van der Waals surface area contributed by atoms with Gasteiger partial charge in [-0.25, -0.2) is 0 Å². The quantitative estimate of drug-likeness (QED) is 0.825. The first-order valence-electron chi connectivity index (χ1n) is 6.85. The Balaban J connectivity index is 0.00000289. The molecule has 1 atom stereocenters. The van der Waals surface area contributed by atoms with Crippen LogP contribution in [0, 0.1) is 5.92 Å². The first kappa shape index (κ1) is 17.7. The molecule has 0 radical (unpaired) electrons. The average molecular weight is 278 g/mol. The number of carbonyl (C=O) groups is 1. The second-order valence-electron chi connectivity index (χ2n) is 5.04. The molecule has 1 amide bonds. The molecular formula is C13H28ClN3O. The maximum atomic E-state index is 11.7. The van der Waals surface area contributed by atoms with Crippen LogP contribution in [0.4, 0.5) is 0 Å². The normalized spacial score (nSPS) is 18.6. The van der Waals surface area contributed by atoms with Gasteiger partial charge in [-0.2, -0.15) is 0 Å². The second-order valence-corrected chi connectivity index (χ2v) is 5.04. The predicted molar refractivity (Wildman–Crippen MR) is 78.0 cm³/mol. The number of carbonyl (C=O) groups excluding carboxylic acids is 1. The summed E-state index contributed by atoms with van der Waals surface area (Å²) in [5.41, 5.74) is 5.63. The monoisotopic (exact) mass is 277 g/mol. The van der Waals surface area contributed by atoms with Gasteiger partial charge in [0.05, 0.1) is 6.04 Å². The van der Waals surface area contributed by atoms with Gasteiger partial charge in [0.25, 0.3) is 0 Å². The van der Waals surface area contributed by atoms with Crippen molar-refractivity contribution >= 4 is 18.3 Å². The third kappa shape index (κ3) is 5.12. The fraction of sp³-hybridized carbons (Fsp3) is 0.923. The van der Waals surface area contributed by atoms with Crippen molar-refractivity contribution in [3.63, 3.8) is 0 Å². The van der Waals surface area contributed by atoms with Crippen LogP contribution in [0.3, 0.4) is 0 Å². The van der Waals surface area contributed by atoms with E-state index in [1.54, 1.807) is 6.92 Å². The smallest absolute Gasteiger partial charge is 0.239 e. The van der Waals surface area contributed by atoms with Crippen LogP contribution in [-0.4, -0.2) is 54.5 Å². The fourth-order valence-corrected chi connectivity index (χ4v) is 2.47. The highest BCUT2D eigenvalue weighted by atomic mass is 35.5. The first-order chi connectivity index (χ1) is 8.08. The van der Waals surface area contributed by atoms with Crippen LogP contribution in [-0.2, 0) is 4.79 Å². The highest BCUT2D eigenvalue weighted by Gasteiger charge is 2.25. The van der Waals surface area contributed by atoms with Crippen molar-refractivity contribution < 1.29 is 4.79 Å². The van der Waals surface area contributed by atoms with Gasteiger partial charge >= 0.3 is 0 Å². The third-order valence-corrected chi connectivity index (χ3v) is 3.73. The van der Waals surface area contributed by atoms with Crippen LogP contribution in [0.5, 0.6) is 0 Å². The van der Waals surface area contributed by atoms with Gasteiger partial charge in [-0.05, 0) is 38.8 Å². The van der Waals surface area contributed by atoms with E-state index in [-0.39, 0.29) is 24.4 Å². The Hall–Kier alpha value is -0.320. The number of amides is 1. The zero-order valence-corrected chi connectivity index (χ0v) is 12.7. The van der Waals surface area contributed by atoms with Crippen molar-refractivity contribution in [3.8, 4) is 0 Å². The van der Waals surface area contributed by atoms with Crippen LogP contribution < -0.4 is 5.73 Å². The molecule has 0 aromatic rings. The molecule has 0 spiro atoms. The van der Waals surface area contributed by atoms with E-state index >= 15 is 0 Å². The number of nitrogens with two attached hydrogens (primary N) is 1. The minimum atomic E-state index is -0.352. The maximum Gasteiger partial charge on any atom is 0.239 e. The highest BCUT2D eigenvalue weighted by molar-refractivity contribution is 5.85. The van der Waals surface area contributed by atoms with Crippen LogP contribution in [0.1, 0.15) is 33.6 Å². The maximum absolute atomic E-state index is 11.7. The van der Waals surface area contributed by atoms with Crippen molar-refractivity contribution in [2.45, 2.75) is 39.7 Å². The molecule has 1 rings (SSSR count). The lowest BCUT2D eigenvalue weighted by Crippen LogP contribution is -2.47. The van der Waals surface area contributed by atoms with Gasteiger partial charge in [0.15, 0.2) is 0 Å². The summed E-state index contributed by atoms with van der Waals surface area (Å²) in [5, 5.41) is 0. The van der Waals surface area contributed by atoms with Gasteiger partial charge in [-0.15, -0.1) is 12.4 Å². The van der Waals surface area contributed by atoms with Crippen LogP contribution in [0.25, 0.3) is 0 Å². The molecule has 0 aromatic heterocycles. The summed E-state index contributed by atoms with van der Waals surface area (Å²) in [4.78, 5) is 16.1. The molecule has 0 bridgehead atoms. The van der Waals surface area contributed by atoms with Gasteiger partial charge in [0.1, 0.15) is 0 Å². The number of hydrogen-bond acceptors (Lipinski definition) is 3. The van der Waals surface area contributed by atoms with E-state index < -0.39 is 0 Å². The van der Waals surface area contributed by atoms with Crippen LogP contribution in [0.15, 0.2) is 0 Å². The van der Waals surface area contributed by atoms with E-state index in [1.165, 1.54) is 6.54 Å². The van der Waals surface area contributed by atoms with Gasteiger partial charge in [0, 0.05) is 19.6 Å². The molecule has 0 saturated carbocycles. The summed E-state index contributed by atoms with van der Waals surface area (Å²) in [7, 11) is 0. The van der Waals surface area contributed by atoms with E-state index in [0.717, 1.165) is 44.9 Å². The van der Waals surface area contributed by atoms with Gasteiger partial charge in [0.2, 0.25) is 5.91 Å². The molecular weight excluding hydrogens is 250 g/mol. The lowest BCUT2D eigenvalue weighted by Gasteiger charge is -2.35. The molecule has 18 heavy (non-hydrogen) atoms. The Kier molecular flexibility index (Phi) is 8.57. The number of rotatable bonds is 5. The van der Waals surface area contributed by atoms with Gasteiger partial charge in [-0.1, -0.05) is 13.8 Å². The summed E-state index contributed by atoms with van der Waals surface area (Å²) in [6.07, 6.45) is 2.24. The molecule has 1 aliphatic heterocycles. The zero-order valence-electron chi connectivity index (χ0n) is 11.9. The summed E-state index contributed by atoms with van der Waals surface area (Å²) in [5.74, 6) is 0.846. The molecule has 0 aromatic carbocycles. The standard InChI is InChI=1S/C13H27N3O.ClH/c1-4-15(5-2)10-12-6-8-16(9-7-12)13(17)11(3)14;/h11-12H,4-10,14H2,1-3H3;1H. The van der Waals surface area contributed by atoms with E-state index in [0.29, 0.717) is 0 Å². The summed E-state index contributed by atoms with van der Waals surface area (Å²) < 4.78 is 0. The fourth-order valence-electron chi connectivity index (χ4n) is 2.47. The molecule has 5 heteroatoms. The molecule has 0 aliphatic carbocycles. The third-order valence-electron chi connectivity index (χ3n) is 3.73. The van der Waals surface area contributed by atoms with E-state index in [9.17, 15) is 4.79 Å². The molecule has 108 valence electrons. The number of nitrogens with zero attached hydrogens (tertiary/aromatic N) is 2. The molecule has 2 N–H and O–H groups in total. The highest BCUT2D eigenvalue weighted by Crippen LogP contribution is 2.18. The van der Waals surface area contributed by atoms with Gasteiger partial charge < -0.3 is 15.5 Å². The average Bonchev–Trinajstić information content (AvgIpc) is 2.35. The minimum Gasteiger partial charge on any atom is -0.341 e. The lowest BCUT2D eigenvalue weighted by atomic mass is 9.95. The number of hydrogen-bond donors (Lipinski definition) is 1. The SMILES string of the molecule is CCN(CC)CC1CCN(C(=O)C(C)N)CC1.Cl. The lowest BCUT2D eigenvalue weighted by molar-refractivity contribution is -0.133. The Labute approximate surface area is 117 Å². The van der Waals surface area contributed by atoms with Crippen molar-refractivity contribution in [1.82, 2.24) is 9.80 Å². The van der Waals surface area contributed by atoms with E-state index in [2.05, 4.69) is 18.7 Å². The first-order valence-corrected chi connectivity index (χ1v) is 6.85. The largest absolute Gasteiger partial charge is 0.341 e. The Morgan fingerprint density at radius 1 is 1.33 bits per heavy atom. The molecule has 1 heterocycles. The van der Waals surface area contributed by atoms with Crippen molar-refractivity contribution in [2.24, 2.45) is 11.7 Å². The minimum absolute atomic E-state index is 0. The van der Waals surface area contributed by atoms with Crippen molar-refractivity contribution in [3.05, 3.63) is 0 Å². The number of halogens is 1.